The molecule has 0 fully saturated rings. The molecule has 1 unspecified atom stereocenters. The Hall–Kier alpha value is -4.86. The van der Waals surface area contributed by atoms with Gasteiger partial charge in [-0.15, -0.1) is 0 Å². The lowest BCUT2D eigenvalue weighted by molar-refractivity contribution is 0.250. The average Bonchev–Trinajstić information content (AvgIpc) is 2.91. The molecule has 0 bridgehead atoms. The number of nitrogens with one attached hydrogen (secondary N) is 1. The van der Waals surface area contributed by atoms with E-state index < -0.39 is 0 Å². The number of carbonyl (C=O) groups excluding carboxylic acids is 1. The van der Waals surface area contributed by atoms with Crippen molar-refractivity contribution in [1.29, 1.82) is 0 Å². The number of para-hydroxylation sites is 1. The van der Waals surface area contributed by atoms with Crippen LogP contribution in [0.5, 0.6) is 11.5 Å². The summed E-state index contributed by atoms with van der Waals surface area (Å²) in [5, 5.41) is 3.19. The quantitative estimate of drug-likeness (QED) is 0.318. The van der Waals surface area contributed by atoms with Crippen molar-refractivity contribution in [2.75, 3.05) is 35.1 Å². The number of hydrogen-bond donors (Lipinski definition) is 2. The summed E-state index contributed by atoms with van der Waals surface area (Å²) in [7, 11) is 3.13. The molecule has 2 amide bonds. The van der Waals surface area contributed by atoms with E-state index in [0.29, 0.717) is 40.5 Å². The second kappa shape index (κ2) is 9.89. The maximum Gasteiger partial charge on any atom is 0.336 e. The van der Waals surface area contributed by atoms with Gasteiger partial charge in [0.2, 0.25) is 5.95 Å². The van der Waals surface area contributed by atoms with E-state index in [4.69, 9.17) is 20.2 Å². The predicted molar refractivity (Wildman–Crippen MR) is 148 cm³/mol. The number of urea groups is 1. The Bertz CT molecular complexity index is 1490. The maximum absolute atomic E-state index is 14.2. The van der Waals surface area contributed by atoms with Gasteiger partial charge in [-0.1, -0.05) is 18.2 Å². The number of aryl methyl sites for hydroxylation is 2. The van der Waals surface area contributed by atoms with E-state index in [2.05, 4.69) is 15.3 Å². The van der Waals surface area contributed by atoms with Gasteiger partial charge in [0.05, 0.1) is 37.8 Å². The molecule has 3 heterocycles. The van der Waals surface area contributed by atoms with Gasteiger partial charge in [-0.2, -0.15) is 4.98 Å². The lowest BCUT2D eigenvalue weighted by Crippen LogP contribution is -2.48. The van der Waals surface area contributed by atoms with Crippen molar-refractivity contribution in [3.63, 3.8) is 0 Å². The van der Waals surface area contributed by atoms with Crippen LogP contribution in [0.4, 0.5) is 39.4 Å². The number of rotatable bonds is 6. The van der Waals surface area contributed by atoms with E-state index in [1.54, 1.807) is 61.8 Å². The van der Waals surface area contributed by atoms with Gasteiger partial charge in [0.15, 0.2) is 5.82 Å². The highest BCUT2D eigenvalue weighted by atomic mass is 16.5. The van der Waals surface area contributed by atoms with Gasteiger partial charge in [-0.3, -0.25) is 4.90 Å². The van der Waals surface area contributed by atoms with Crippen LogP contribution in [0.1, 0.15) is 29.7 Å². The molecule has 10 nitrogen and oxygen atoms in total. The minimum atomic E-state index is -0.327. The van der Waals surface area contributed by atoms with Crippen LogP contribution in [0.15, 0.2) is 60.9 Å². The van der Waals surface area contributed by atoms with Gasteiger partial charge >= 0.3 is 6.03 Å². The summed E-state index contributed by atoms with van der Waals surface area (Å²) in [5.41, 5.74) is 10.7. The molecule has 1 aliphatic heterocycles. The first-order valence-electron chi connectivity index (χ1n) is 12.1. The lowest BCUT2D eigenvalue weighted by Gasteiger charge is -2.41. The van der Waals surface area contributed by atoms with Crippen molar-refractivity contribution in [3.8, 4) is 11.5 Å². The number of nitrogen functional groups attached to an aromatic ring is 1. The van der Waals surface area contributed by atoms with Crippen molar-refractivity contribution in [2.45, 2.75) is 26.8 Å². The molecule has 2 aromatic carbocycles. The Morgan fingerprint density at radius 1 is 0.974 bits per heavy atom. The monoisotopic (exact) mass is 511 g/mol. The average molecular weight is 512 g/mol. The highest BCUT2D eigenvalue weighted by molar-refractivity contribution is 6.11. The van der Waals surface area contributed by atoms with Crippen molar-refractivity contribution >= 4 is 40.7 Å². The van der Waals surface area contributed by atoms with Crippen molar-refractivity contribution in [2.24, 2.45) is 0 Å². The SMILES string of the molecule is COc1ccc(N2C(=O)N(c3c(C)cccc3C)C(C)c3cnc(Nc4ccc(N)cc4OC)nc32)nc1. The van der Waals surface area contributed by atoms with Gasteiger partial charge in [0.1, 0.15) is 17.3 Å². The molecule has 4 aromatic rings. The number of anilines is 6. The number of aromatic nitrogens is 3. The Labute approximate surface area is 221 Å². The summed E-state index contributed by atoms with van der Waals surface area (Å²) in [6, 6.07) is 14.1. The number of ether oxygens (including phenoxy) is 2. The van der Waals surface area contributed by atoms with E-state index >= 15 is 0 Å². The summed E-state index contributed by atoms with van der Waals surface area (Å²) < 4.78 is 10.7. The van der Waals surface area contributed by atoms with Crippen molar-refractivity contribution in [3.05, 3.63) is 77.6 Å². The third-order valence-electron chi connectivity index (χ3n) is 6.58. The summed E-state index contributed by atoms with van der Waals surface area (Å²) in [6.45, 7) is 5.97. The van der Waals surface area contributed by atoms with Gasteiger partial charge in [0, 0.05) is 23.5 Å². The van der Waals surface area contributed by atoms with Gasteiger partial charge in [-0.25, -0.2) is 19.7 Å². The smallest absolute Gasteiger partial charge is 0.336 e. The molecule has 1 aliphatic rings. The highest BCUT2D eigenvalue weighted by Crippen LogP contribution is 2.43. The number of hydrogen-bond acceptors (Lipinski definition) is 8. The van der Waals surface area contributed by atoms with Crippen molar-refractivity contribution in [1.82, 2.24) is 15.0 Å². The molecule has 2 aromatic heterocycles. The Kier molecular flexibility index (Phi) is 6.46. The van der Waals surface area contributed by atoms with Crippen LogP contribution >= 0.6 is 0 Å². The summed E-state index contributed by atoms with van der Waals surface area (Å²) in [6.07, 6.45) is 3.31. The number of fused-ring (bicyclic) bond motifs is 1. The predicted octanol–water partition coefficient (Wildman–Crippen LogP) is 5.67. The Morgan fingerprint density at radius 2 is 1.74 bits per heavy atom. The van der Waals surface area contributed by atoms with E-state index in [1.165, 1.54) is 4.90 Å². The summed E-state index contributed by atoms with van der Waals surface area (Å²) in [5.74, 6) is 2.28. The molecule has 10 heteroatoms. The first-order chi connectivity index (χ1) is 18.3. The second-order valence-corrected chi connectivity index (χ2v) is 9.02. The van der Waals surface area contributed by atoms with Crippen LogP contribution in [-0.2, 0) is 0 Å². The Morgan fingerprint density at radius 3 is 2.39 bits per heavy atom. The molecular formula is C28H29N7O3. The van der Waals surface area contributed by atoms with E-state index in [9.17, 15) is 4.79 Å². The molecule has 0 spiro atoms. The number of nitrogens with two attached hydrogens (primary N) is 1. The first-order valence-corrected chi connectivity index (χ1v) is 12.1. The van der Waals surface area contributed by atoms with E-state index in [-0.39, 0.29) is 12.1 Å². The molecule has 5 rings (SSSR count). The Balaban J connectivity index is 1.65. The minimum absolute atomic E-state index is 0.269. The number of nitrogens with zero attached hydrogens (tertiary/aromatic N) is 5. The molecule has 38 heavy (non-hydrogen) atoms. The largest absolute Gasteiger partial charge is 0.495 e. The van der Waals surface area contributed by atoms with Gasteiger partial charge in [-0.05, 0) is 56.2 Å². The fraction of sp³-hybridized carbons (Fsp3) is 0.214. The number of benzene rings is 2. The van der Waals surface area contributed by atoms with Crippen LogP contribution in [0.2, 0.25) is 0 Å². The zero-order chi connectivity index (χ0) is 27.0. The zero-order valence-electron chi connectivity index (χ0n) is 21.9. The number of methoxy groups -OCH3 is 2. The molecule has 1 atom stereocenters. The lowest BCUT2D eigenvalue weighted by atomic mass is 10.0. The fourth-order valence-corrected chi connectivity index (χ4v) is 4.66. The van der Waals surface area contributed by atoms with E-state index in [0.717, 1.165) is 22.4 Å². The normalized spacial score (nSPS) is 14.8. The summed E-state index contributed by atoms with van der Waals surface area (Å²) >= 11 is 0. The third kappa shape index (κ3) is 4.30. The number of carbonyl (C=O) groups is 1. The first kappa shape index (κ1) is 24.8. The third-order valence-corrected chi connectivity index (χ3v) is 6.58. The second-order valence-electron chi connectivity index (χ2n) is 9.02. The molecule has 0 saturated heterocycles. The topological polar surface area (TPSA) is 119 Å². The zero-order valence-corrected chi connectivity index (χ0v) is 21.9. The van der Waals surface area contributed by atoms with Crippen LogP contribution in [-0.4, -0.2) is 35.2 Å². The van der Waals surface area contributed by atoms with Crippen molar-refractivity contribution < 1.29 is 14.3 Å². The molecule has 0 radical (unpaired) electrons. The molecule has 0 saturated carbocycles. The van der Waals surface area contributed by atoms with Gasteiger partial charge < -0.3 is 20.5 Å². The maximum atomic E-state index is 14.2. The molecule has 194 valence electrons. The molecular weight excluding hydrogens is 482 g/mol. The fourth-order valence-electron chi connectivity index (χ4n) is 4.66. The van der Waals surface area contributed by atoms with Crippen LogP contribution in [0.3, 0.4) is 0 Å². The summed E-state index contributed by atoms with van der Waals surface area (Å²) in [4.78, 5) is 31.4. The van der Waals surface area contributed by atoms with E-state index in [1.807, 2.05) is 39.0 Å². The van der Waals surface area contributed by atoms with Crippen LogP contribution in [0, 0.1) is 13.8 Å². The number of pyridine rings is 1. The standard InChI is InChI=1S/C28H29N7O3/c1-16-7-6-8-17(2)25(16)34-18(3)21-15-31-27(32-22-11-9-19(29)13-23(22)38-5)33-26(21)35(28(34)36)24-12-10-20(37-4)14-30-24/h6-15,18H,29H2,1-5H3,(H,31,32,33). The molecule has 3 N–H and O–H groups in total. The van der Waals surface area contributed by atoms with Gasteiger partial charge in [0.25, 0.3) is 0 Å². The highest BCUT2D eigenvalue weighted by Gasteiger charge is 2.40. The van der Waals surface area contributed by atoms with Crippen LogP contribution < -0.4 is 30.3 Å². The molecule has 0 aliphatic carbocycles. The van der Waals surface area contributed by atoms with Crippen LogP contribution in [0.25, 0.3) is 0 Å². The number of amides is 2. The minimum Gasteiger partial charge on any atom is -0.495 e.